The minimum Gasteiger partial charge on any atom is -0.311 e. The van der Waals surface area contributed by atoms with E-state index in [1.807, 2.05) is 28.6 Å². The average Bonchev–Trinajstić information content (AvgIpc) is 3.18. The minimum atomic E-state index is 0.158. The maximum Gasteiger partial charge on any atom is 0.231 e. The van der Waals surface area contributed by atoms with Crippen molar-refractivity contribution in [3.8, 4) is 0 Å². The number of fused-ring (bicyclic) bond motifs is 1. The number of hydrogen-bond donors (Lipinski definition) is 0. The normalized spacial score (nSPS) is 25.5. The van der Waals surface area contributed by atoms with E-state index in [0.29, 0.717) is 11.8 Å². The van der Waals surface area contributed by atoms with Crippen molar-refractivity contribution in [1.29, 1.82) is 0 Å². The van der Waals surface area contributed by atoms with Crippen LogP contribution in [0.5, 0.6) is 0 Å². The van der Waals surface area contributed by atoms with Crippen molar-refractivity contribution in [1.82, 2.24) is 9.88 Å². The first-order chi connectivity index (χ1) is 10.8. The van der Waals surface area contributed by atoms with Gasteiger partial charge in [0.1, 0.15) is 0 Å². The van der Waals surface area contributed by atoms with Crippen LogP contribution in [0.15, 0.2) is 41.4 Å². The van der Waals surface area contributed by atoms with Crippen LogP contribution in [0.3, 0.4) is 0 Å². The van der Waals surface area contributed by atoms with Crippen LogP contribution >= 0.6 is 11.3 Å². The molecule has 2 aliphatic rings. The molecule has 2 aromatic heterocycles. The van der Waals surface area contributed by atoms with Crippen LogP contribution in [-0.4, -0.2) is 35.4 Å². The van der Waals surface area contributed by atoms with Gasteiger partial charge in [0.15, 0.2) is 0 Å². The lowest BCUT2D eigenvalue weighted by atomic mass is 9.88. The van der Waals surface area contributed by atoms with Crippen LogP contribution in [0, 0.1) is 11.8 Å². The van der Waals surface area contributed by atoms with Crippen molar-refractivity contribution in [2.75, 3.05) is 24.5 Å². The third-order valence-corrected chi connectivity index (χ3v) is 5.44. The lowest BCUT2D eigenvalue weighted by Gasteiger charge is -2.33. The number of rotatable bonds is 3. The predicted octanol–water partition coefficient (Wildman–Crippen LogP) is 2.63. The molecule has 4 rings (SSSR count). The van der Waals surface area contributed by atoms with E-state index in [1.165, 1.54) is 5.56 Å². The van der Waals surface area contributed by atoms with E-state index in [4.69, 9.17) is 0 Å². The SMILES string of the molecule is O=C1C2CN(Cc3cccnc3)CC2CCN1c1ccsc1. The molecule has 2 fully saturated rings. The summed E-state index contributed by atoms with van der Waals surface area (Å²) >= 11 is 1.65. The molecule has 2 saturated heterocycles. The van der Waals surface area contributed by atoms with Gasteiger partial charge in [0, 0.05) is 44.0 Å². The summed E-state index contributed by atoms with van der Waals surface area (Å²) in [4.78, 5) is 21.4. The summed E-state index contributed by atoms with van der Waals surface area (Å²) in [5.41, 5.74) is 2.29. The summed E-state index contributed by atoms with van der Waals surface area (Å²) in [7, 11) is 0. The van der Waals surface area contributed by atoms with Crippen molar-refractivity contribution < 1.29 is 4.79 Å². The van der Waals surface area contributed by atoms with Gasteiger partial charge in [-0.1, -0.05) is 6.07 Å². The summed E-state index contributed by atoms with van der Waals surface area (Å²) in [5.74, 6) is 0.979. The highest BCUT2D eigenvalue weighted by Gasteiger charge is 2.43. The van der Waals surface area contributed by atoms with Crippen LogP contribution in [-0.2, 0) is 11.3 Å². The molecule has 2 aromatic rings. The molecule has 4 heterocycles. The first kappa shape index (κ1) is 13.9. The molecule has 0 aromatic carbocycles. The maximum absolute atomic E-state index is 12.8. The highest BCUT2D eigenvalue weighted by molar-refractivity contribution is 7.08. The van der Waals surface area contributed by atoms with Gasteiger partial charge < -0.3 is 4.90 Å². The van der Waals surface area contributed by atoms with E-state index in [1.54, 1.807) is 17.5 Å². The number of aromatic nitrogens is 1. The number of likely N-dealkylation sites (tertiary alicyclic amines) is 1. The van der Waals surface area contributed by atoms with E-state index in [2.05, 4.69) is 21.3 Å². The fraction of sp³-hybridized carbons (Fsp3) is 0.412. The lowest BCUT2D eigenvalue weighted by Crippen LogP contribution is -2.45. The van der Waals surface area contributed by atoms with Crippen LogP contribution in [0.2, 0.25) is 0 Å². The van der Waals surface area contributed by atoms with E-state index >= 15 is 0 Å². The molecule has 1 amide bonds. The third-order valence-electron chi connectivity index (χ3n) is 4.77. The van der Waals surface area contributed by atoms with Crippen molar-refractivity contribution >= 4 is 22.9 Å². The van der Waals surface area contributed by atoms with Gasteiger partial charge in [0.2, 0.25) is 5.91 Å². The number of piperidine rings is 1. The first-order valence-electron chi connectivity index (χ1n) is 7.76. The van der Waals surface area contributed by atoms with Gasteiger partial charge in [-0.3, -0.25) is 14.7 Å². The van der Waals surface area contributed by atoms with Crippen molar-refractivity contribution in [3.05, 3.63) is 46.9 Å². The molecule has 5 heteroatoms. The zero-order valence-electron chi connectivity index (χ0n) is 12.4. The molecule has 0 N–H and O–H groups in total. The molecule has 4 nitrogen and oxygen atoms in total. The highest BCUT2D eigenvalue weighted by Crippen LogP contribution is 2.35. The first-order valence-corrected chi connectivity index (χ1v) is 8.70. The van der Waals surface area contributed by atoms with E-state index < -0.39 is 0 Å². The van der Waals surface area contributed by atoms with Crippen LogP contribution in [0.1, 0.15) is 12.0 Å². The number of carbonyl (C=O) groups is 1. The number of nitrogens with zero attached hydrogens (tertiary/aromatic N) is 3. The Labute approximate surface area is 134 Å². The van der Waals surface area contributed by atoms with Gasteiger partial charge in [0.25, 0.3) is 0 Å². The van der Waals surface area contributed by atoms with Crippen molar-refractivity contribution in [3.63, 3.8) is 0 Å². The molecule has 2 unspecified atom stereocenters. The molecule has 0 aliphatic carbocycles. The van der Waals surface area contributed by atoms with E-state index in [-0.39, 0.29) is 5.92 Å². The van der Waals surface area contributed by atoms with Crippen LogP contribution in [0.4, 0.5) is 5.69 Å². The third kappa shape index (κ3) is 2.55. The molecular weight excluding hydrogens is 294 g/mol. The molecule has 114 valence electrons. The Hall–Kier alpha value is -1.72. The zero-order chi connectivity index (χ0) is 14.9. The fourth-order valence-corrected chi connectivity index (χ4v) is 4.33. The second-order valence-electron chi connectivity index (χ2n) is 6.18. The van der Waals surface area contributed by atoms with Crippen molar-refractivity contribution in [2.24, 2.45) is 11.8 Å². The summed E-state index contributed by atoms with van der Waals surface area (Å²) in [6.45, 7) is 3.66. The zero-order valence-corrected chi connectivity index (χ0v) is 13.2. The number of thiophene rings is 1. The number of amides is 1. The van der Waals surface area contributed by atoms with Gasteiger partial charge in [0.05, 0.1) is 11.6 Å². The minimum absolute atomic E-state index is 0.158. The Bertz CT molecular complexity index is 643. The summed E-state index contributed by atoms with van der Waals surface area (Å²) in [6.07, 6.45) is 4.83. The van der Waals surface area contributed by atoms with Crippen molar-refractivity contribution in [2.45, 2.75) is 13.0 Å². The quantitative estimate of drug-likeness (QED) is 0.874. The number of hydrogen-bond acceptors (Lipinski definition) is 4. The Morgan fingerprint density at radius 3 is 3.05 bits per heavy atom. The molecule has 0 spiro atoms. The number of anilines is 1. The second kappa shape index (κ2) is 5.82. The van der Waals surface area contributed by atoms with Gasteiger partial charge in [-0.2, -0.15) is 11.3 Å². The van der Waals surface area contributed by atoms with Gasteiger partial charge >= 0.3 is 0 Å². The fourth-order valence-electron chi connectivity index (χ4n) is 3.68. The smallest absolute Gasteiger partial charge is 0.231 e. The molecule has 22 heavy (non-hydrogen) atoms. The Morgan fingerprint density at radius 2 is 2.27 bits per heavy atom. The van der Waals surface area contributed by atoms with Crippen LogP contribution in [0.25, 0.3) is 0 Å². The summed E-state index contributed by atoms with van der Waals surface area (Å²) in [5, 5.41) is 4.11. The number of pyridine rings is 1. The summed E-state index contributed by atoms with van der Waals surface area (Å²) in [6, 6.07) is 6.13. The molecule has 0 bridgehead atoms. The molecular formula is C17H19N3OS. The van der Waals surface area contributed by atoms with Gasteiger partial charge in [-0.25, -0.2) is 0 Å². The van der Waals surface area contributed by atoms with Gasteiger partial charge in [-0.05, 0) is 35.4 Å². The largest absolute Gasteiger partial charge is 0.311 e. The maximum atomic E-state index is 12.8. The molecule has 0 radical (unpaired) electrons. The highest BCUT2D eigenvalue weighted by atomic mass is 32.1. The standard InChI is InChI=1S/C17H19N3OS/c21-17-16-11-19(9-13-2-1-5-18-8-13)10-14(16)3-6-20(17)15-4-7-22-12-15/h1-2,4-5,7-8,12,14,16H,3,6,9-11H2. The monoisotopic (exact) mass is 313 g/mol. The lowest BCUT2D eigenvalue weighted by molar-refractivity contribution is -0.124. The van der Waals surface area contributed by atoms with E-state index in [9.17, 15) is 4.79 Å². The van der Waals surface area contributed by atoms with Gasteiger partial charge in [-0.15, -0.1) is 0 Å². The Kier molecular flexibility index (Phi) is 3.68. The number of carbonyl (C=O) groups excluding carboxylic acids is 1. The second-order valence-corrected chi connectivity index (χ2v) is 6.96. The Balaban J connectivity index is 1.46. The topological polar surface area (TPSA) is 36.4 Å². The molecule has 2 aliphatic heterocycles. The van der Waals surface area contributed by atoms with E-state index in [0.717, 1.165) is 38.3 Å². The summed E-state index contributed by atoms with van der Waals surface area (Å²) < 4.78 is 0. The Morgan fingerprint density at radius 1 is 1.32 bits per heavy atom. The molecule has 0 saturated carbocycles. The average molecular weight is 313 g/mol. The van der Waals surface area contributed by atoms with Crippen LogP contribution < -0.4 is 4.90 Å². The molecule has 2 atom stereocenters. The predicted molar refractivity (Wildman–Crippen MR) is 87.8 cm³/mol.